The first-order chi connectivity index (χ1) is 11.0. The largest absolute Gasteiger partial charge is 0.338 e. The summed E-state index contributed by atoms with van der Waals surface area (Å²) in [5, 5.41) is 0. The lowest BCUT2D eigenvalue weighted by Crippen LogP contribution is -2.53. The van der Waals surface area contributed by atoms with Crippen LogP contribution in [-0.4, -0.2) is 29.9 Å². The Bertz CT molecular complexity index is 677. The van der Waals surface area contributed by atoms with E-state index in [9.17, 15) is 4.79 Å². The molecule has 0 aliphatic carbocycles. The van der Waals surface area contributed by atoms with Crippen LogP contribution in [0.1, 0.15) is 30.6 Å². The number of likely N-dealkylation sites (tertiary alicyclic amines) is 1. The quantitative estimate of drug-likeness (QED) is 0.922. The highest BCUT2D eigenvalue weighted by Gasteiger charge is 2.35. The van der Waals surface area contributed by atoms with Gasteiger partial charge in [0.25, 0.3) is 5.91 Å². The third-order valence-corrected chi connectivity index (χ3v) is 4.84. The van der Waals surface area contributed by atoms with E-state index in [-0.39, 0.29) is 17.4 Å². The molecule has 0 saturated carbocycles. The number of piperidine rings is 1. The lowest BCUT2D eigenvalue weighted by molar-refractivity contribution is 0.0533. The van der Waals surface area contributed by atoms with Gasteiger partial charge in [-0.3, -0.25) is 4.79 Å². The second kappa shape index (κ2) is 6.17. The van der Waals surface area contributed by atoms with E-state index in [1.165, 1.54) is 0 Å². The van der Waals surface area contributed by atoms with Gasteiger partial charge < -0.3 is 10.6 Å². The van der Waals surface area contributed by atoms with Crippen molar-refractivity contribution in [3.63, 3.8) is 0 Å². The molecule has 1 saturated heterocycles. The Kier molecular flexibility index (Phi) is 4.22. The predicted molar refractivity (Wildman–Crippen MR) is 94.2 cm³/mol. The fourth-order valence-corrected chi connectivity index (χ4v) is 3.17. The summed E-state index contributed by atoms with van der Waals surface area (Å²) in [5.41, 5.74) is 9.17. The van der Waals surface area contributed by atoms with Crippen molar-refractivity contribution >= 4 is 5.91 Å². The van der Waals surface area contributed by atoms with Crippen molar-refractivity contribution in [3.8, 4) is 11.1 Å². The van der Waals surface area contributed by atoms with Gasteiger partial charge in [0.05, 0.1) is 0 Å². The number of hydrogen-bond donors (Lipinski definition) is 1. The van der Waals surface area contributed by atoms with Crippen molar-refractivity contribution < 1.29 is 4.79 Å². The first-order valence-corrected chi connectivity index (χ1v) is 8.18. The third-order valence-electron chi connectivity index (χ3n) is 4.84. The molecule has 1 atom stereocenters. The Morgan fingerprint density at radius 2 is 1.65 bits per heavy atom. The molecule has 0 bridgehead atoms. The summed E-state index contributed by atoms with van der Waals surface area (Å²) in [6.07, 6.45) is 0.862. The highest BCUT2D eigenvalue weighted by Crippen LogP contribution is 2.29. The Balaban J connectivity index is 1.76. The summed E-state index contributed by atoms with van der Waals surface area (Å²) in [6.45, 7) is 5.72. The molecule has 0 spiro atoms. The van der Waals surface area contributed by atoms with E-state index < -0.39 is 0 Å². The zero-order valence-electron chi connectivity index (χ0n) is 13.8. The van der Waals surface area contributed by atoms with E-state index >= 15 is 0 Å². The van der Waals surface area contributed by atoms with Crippen LogP contribution in [0, 0.1) is 5.41 Å². The van der Waals surface area contributed by atoms with Crippen LogP contribution in [0.2, 0.25) is 0 Å². The molecule has 2 aromatic carbocycles. The molecule has 1 unspecified atom stereocenters. The number of hydrogen-bond acceptors (Lipinski definition) is 2. The standard InChI is InChI=1S/C20H24N2O/c1-20(2)14-22(13-12-18(20)21)19(23)17-10-8-16(9-11-17)15-6-4-3-5-7-15/h3-11,18H,12-14,21H2,1-2H3. The summed E-state index contributed by atoms with van der Waals surface area (Å²) >= 11 is 0. The van der Waals surface area contributed by atoms with Crippen molar-refractivity contribution in [2.75, 3.05) is 13.1 Å². The predicted octanol–water partition coefficient (Wildman–Crippen LogP) is 3.55. The zero-order valence-corrected chi connectivity index (χ0v) is 13.8. The van der Waals surface area contributed by atoms with Gasteiger partial charge >= 0.3 is 0 Å². The van der Waals surface area contributed by atoms with E-state index in [1.54, 1.807) is 0 Å². The number of rotatable bonds is 2. The second-order valence-corrected chi connectivity index (χ2v) is 7.05. The SMILES string of the molecule is CC1(C)CN(C(=O)c2ccc(-c3ccccc3)cc2)CCC1N. The molecule has 23 heavy (non-hydrogen) atoms. The van der Waals surface area contributed by atoms with Crippen molar-refractivity contribution in [2.24, 2.45) is 11.1 Å². The van der Waals surface area contributed by atoms with Gasteiger partial charge in [-0.25, -0.2) is 0 Å². The first kappa shape index (κ1) is 15.8. The van der Waals surface area contributed by atoms with Gasteiger partial charge in [0, 0.05) is 24.7 Å². The molecular formula is C20H24N2O. The van der Waals surface area contributed by atoms with Gasteiger partial charge in [0.15, 0.2) is 0 Å². The fourth-order valence-electron chi connectivity index (χ4n) is 3.17. The van der Waals surface area contributed by atoms with Crippen LogP contribution >= 0.6 is 0 Å². The minimum absolute atomic E-state index is 0.0299. The van der Waals surface area contributed by atoms with Crippen LogP contribution in [-0.2, 0) is 0 Å². The molecule has 1 fully saturated rings. The molecule has 2 N–H and O–H groups in total. The van der Waals surface area contributed by atoms with Gasteiger partial charge in [-0.1, -0.05) is 56.3 Å². The van der Waals surface area contributed by atoms with Crippen LogP contribution in [0.15, 0.2) is 54.6 Å². The van der Waals surface area contributed by atoms with Crippen molar-refractivity contribution in [1.29, 1.82) is 0 Å². The topological polar surface area (TPSA) is 46.3 Å². The highest BCUT2D eigenvalue weighted by molar-refractivity contribution is 5.94. The van der Waals surface area contributed by atoms with Crippen LogP contribution in [0.4, 0.5) is 0 Å². The number of benzene rings is 2. The number of nitrogens with zero attached hydrogens (tertiary/aromatic N) is 1. The Morgan fingerprint density at radius 3 is 2.26 bits per heavy atom. The van der Waals surface area contributed by atoms with Crippen LogP contribution < -0.4 is 5.73 Å². The first-order valence-electron chi connectivity index (χ1n) is 8.18. The molecular weight excluding hydrogens is 284 g/mol. The second-order valence-electron chi connectivity index (χ2n) is 7.05. The molecule has 0 radical (unpaired) electrons. The van der Waals surface area contributed by atoms with E-state index in [4.69, 9.17) is 5.73 Å². The maximum absolute atomic E-state index is 12.7. The van der Waals surface area contributed by atoms with E-state index in [0.29, 0.717) is 6.54 Å². The molecule has 1 aliphatic heterocycles. The van der Waals surface area contributed by atoms with E-state index in [1.807, 2.05) is 47.4 Å². The summed E-state index contributed by atoms with van der Waals surface area (Å²) in [7, 11) is 0. The average Bonchev–Trinajstić information content (AvgIpc) is 2.57. The number of amides is 1. The lowest BCUT2D eigenvalue weighted by Gasteiger charge is -2.42. The summed E-state index contributed by atoms with van der Waals surface area (Å²) in [4.78, 5) is 14.7. The van der Waals surface area contributed by atoms with Crippen molar-refractivity contribution in [1.82, 2.24) is 4.90 Å². The molecule has 1 amide bonds. The fraction of sp³-hybridized carbons (Fsp3) is 0.350. The number of carbonyl (C=O) groups is 1. The molecule has 3 heteroatoms. The number of nitrogens with two attached hydrogens (primary N) is 1. The molecule has 1 aliphatic rings. The van der Waals surface area contributed by atoms with E-state index in [2.05, 4.69) is 26.0 Å². The summed E-state index contributed by atoms with van der Waals surface area (Å²) in [6, 6.07) is 18.2. The molecule has 3 nitrogen and oxygen atoms in total. The molecule has 2 aromatic rings. The zero-order chi connectivity index (χ0) is 16.4. The highest BCUT2D eigenvalue weighted by atomic mass is 16.2. The smallest absolute Gasteiger partial charge is 0.253 e. The van der Waals surface area contributed by atoms with Gasteiger partial charge in [0.1, 0.15) is 0 Å². The summed E-state index contributed by atoms with van der Waals surface area (Å²) in [5.74, 6) is 0.101. The molecule has 0 aromatic heterocycles. The Hall–Kier alpha value is -2.13. The average molecular weight is 308 g/mol. The van der Waals surface area contributed by atoms with Crippen LogP contribution in [0.5, 0.6) is 0 Å². The minimum Gasteiger partial charge on any atom is -0.338 e. The van der Waals surface area contributed by atoms with Gasteiger partial charge in [0.2, 0.25) is 0 Å². The van der Waals surface area contributed by atoms with Crippen molar-refractivity contribution in [2.45, 2.75) is 26.3 Å². The number of carbonyl (C=O) groups excluding carboxylic acids is 1. The maximum Gasteiger partial charge on any atom is 0.253 e. The minimum atomic E-state index is -0.0299. The maximum atomic E-state index is 12.7. The van der Waals surface area contributed by atoms with Gasteiger partial charge in [-0.05, 0) is 35.1 Å². The van der Waals surface area contributed by atoms with Crippen LogP contribution in [0.25, 0.3) is 11.1 Å². The van der Waals surface area contributed by atoms with Crippen LogP contribution in [0.3, 0.4) is 0 Å². The van der Waals surface area contributed by atoms with E-state index in [0.717, 1.165) is 29.7 Å². The monoisotopic (exact) mass is 308 g/mol. The Labute approximate surface area is 138 Å². The normalized spacial score (nSPS) is 20.3. The molecule has 3 rings (SSSR count). The van der Waals surface area contributed by atoms with Crippen molar-refractivity contribution in [3.05, 3.63) is 60.2 Å². The molecule has 1 heterocycles. The van der Waals surface area contributed by atoms with Gasteiger partial charge in [-0.15, -0.1) is 0 Å². The Morgan fingerprint density at radius 1 is 1.04 bits per heavy atom. The summed E-state index contributed by atoms with van der Waals surface area (Å²) < 4.78 is 0. The third kappa shape index (κ3) is 3.30. The lowest BCUT2D eigenvalue weighted by atomic mass is 9.79. The van der Waals surface area contributed by atoms with Gasteiger partial charge in [-0.2, -0.15) is 0 Å². The molecule has 120 valence electrons.